The highest BCUT2D eigenvalue weighted by atomic mass is 16.4. The van der Waals surface area contributed by atoms with Crippen molar-refractivity contribution in [2.75, 3.05) is 0 Å². The van der Waals surface area contributed by atoms with Crippen LogP contribution in [0.1, 0.15) is 45.4 Å². The van der Waals surface area contributed by atoms with E-state index in [0.29, 0.717) is 6.42 Å². The van der Waals surface area contributed by atoms with Gasteiger partial charge in [-0.25, -0.2) is 0 Å². The van der Waals surface area contributed by atoms with E-state index in [-0.39, 0.29) is 12.8 Å². The van der Waals surface area contributed by atoms with Crippen LogP contribution in [0.5, 0.6) is 0 Å². The summed E-state index contributed by atoms with van der Waals surface area (Å²) < 4.78 is 0. The van der Waals surface area contributed by atoms with Gasteiger partial charge < -0.3 is 20.4 Å². The molecular formula is C13H20O8. The van der Waals surface area contributed by atoms with Crippen LogP contribution in [0.4, 0.5) is 0 Å². The molecule has 0 rings (SSSR count). The molecule has 4 N–H and O–H groups in total. The van der Waals surface area contributed by atoms with Crippen molar-refractivity contribution in [2.45, 2.75) is 45.4 Å². The summed E-state index contributed by atoms with van der Waals surface area (Å²) in [5.41, 5.74) is -3.36. The maximum atomic E-state index is 11.2. The van der Waals surface area contributed by atoms with Crippen LogP contribution in [0.3, 0.4) is 0 Å². The first-order chi connectivity index (χ1) is 9.72. The molecule has 0 spiro atoms. The van der Waals surface area contributed by atoms with Gasteiger partial charge in [0.25, 0.3) is 5.41 Å². The molecule has 1 unspecified atom stereocenters. The van der Waals surface area contributed by atoms with Gasteiger partial charge in [0.05, 0.1) is 5.92 Å². The number of rotatable bonds is 11. The van der Waals surface area contributed by atoms with Gasteiger partial charge in [-0.05, 0) is 6.42 Å². The third-order valence-electron chi connectivity index (χ3n) is 3.43. The Morgan fingerprint density at radius 2 is 1.24 bits per heavy atom. The minimum Gasteiger partial charge on any atom is -0.481 e. The molecule has 0 radical (unpaired) electrons. The lowest BCUT2D eigenvalue weighted by atomic mass is 9.72. The zero-order valence-corrected chi connectivity index (χ0v) is 11.7. The third kappa shape index (κ3) is 4.17. The predicted molar refractivity (Wildman–Crippen MR) is 69.8 cm³/mol. The molecule has 8 nitrogen and oxygen atoms in total. The summed E-state index contributed by atoms with van der Waals surface area (Å²) in [6.45, 7) is 1.98. The molecule has 120 valence electrons. The predicted octanol–water partition coefficient (Wildman–Crippen LogP) is 1.29. The van der Waals surface area contributed by atoms with Gasteiger partial charge in [-0.1, -0.05) is 39.0 Å². The molecule has 0 saturated carbocycles. The van der Waals surface area contributed by atoms with E-state index in [0.717, 1.165) is 19.3 Å². The summed E-state index contributed by atoms with van der Waals surface area (Å²) in [4.78, 5) is 44.7. The monoisotopic (exact) mass is 304 g/mol. The van der Waals surface area contributed by atoms with E-state index in [9.17, 15) is 19.2 Å². The first-order valence-corrected chi connectivity index (χ1v) is 6.65. The Morgan fingerprint density at radius 3 is 1.57 bits per heavy atom. The van der Waals surface area contributed by atoms with Crippen molar-refractivity contribution in [2.24, 2.45) is 11.3 Å². The molecule has 0 fully saturated rings. The highest BCUT2D eigenvalue weighted by molar-refractivity contribution is 6.18. The molecule has 0 aromatic rings. The number of carboxylic acids is 4. The number of hydrogen-bond donors (Lipinski definition) is 4. The first kappa shape index (κ1) is 18.9. The summed E-state index contributed by atoms with van der Waals surface area (Å²) in [6.07, 6.45) is 3.19. The van der Waals surface area contributed by atoms with Crippen LogP contribution in [-0.2, 0) is 19.2 Å². The SMILES string of the molecule is CCCCCCCC(C(=O)O)C(C(=O)O)(C(=O)O)C(=O)O. The Kier molecular flexibility index (Phi) is 7.40. The van der Waals surface area contributed by atoms with Gasteiger partial charge in [0.15, 0.2) is 0 Å². The van der Waals surface area contributed by atoms with Gasteiger partial charge >= 0.3 is 23.9 Å². The van der Waals surface area contributed by atoms with Crippen LogP contribution in [0.15, 0.2) is 0 Å². The number of aliphatic carboxylic acids is 4. The van der Waals surface area contributed by atoms with Crippen molar-refractivity contribution in [1.29, 1.82) is 0 Å². The van der Waals surface area contributed by atoms with Gasteiger partial charge in [0.1, 0.15) is 0 Å². The summed E-state index contributed by atoms with van der Waals surface area (Å²) in [5.74, 6) is -10.3. The third-order valence-corrected chi connectivity index (χ3v) is 3.43. The molecular weight excluding hydrogens is 284 g/mol. The van der Waals surface area contributed by atoms with E-state index in [2.05, 4.69) is 0 Å². The fourth-order valence-electron chi connectivity index (χ4n) is 2.20. The van der Waals surface area contributed by atoms with Crippen LogP contribution in [0, 0.1) is 11.3 Å². The molecule has 21 heavy (non-hydrogen) atoms. The maximum absolute atomic E-state index is 11.2. The standard InChI is InChI=1S/C13H20O8/c1-2-3-4-5-6-7-8(9(14)15)13(10(16)17,11(18)19)12(20)21/h8H,2-7H2,1H3,(H,14,15)(H,16,17)(H,18,19)(H,20,21). The number of carboxylic acid groups (broad SMARTS) is 4. The van der Waals surface area contributed by atoms with Crippen LogP contribution in [0.25, 0.3) is 0 Å². The quantitative estimate of drug-likeness (QED) is 0.329. The van der Waals surface area contributed by atoms with Crippen molar-refractivity contribution in [3.63, 3.8) is 0 Å². The smallest absolute Gasteiger partial charge is 0.333 e. The summed E-state index contributed by atoms with van der Waals surface area (Å²) >= 11 is 0. The van der Waals surface area contributed by atoms with Crippen molar-refractivity contribution >= 4 is 23.9 Å². The van der Waals surface area contributed by atoms with E-state index in [4.69, 9.17) is 20.4 Å². The molecule has 0 bridgehead atoms. The molecule has 0 aliphatic carbocycles. The van der Waals surface area contributed by atoms with Gasteiger partial charge in [-0.2, -0.15) is 0 Å². The normalized spacial score (nSPS) is 12.6. The fourth-order valence-corrected chi connectivity index (χ4v) is 2.20. The first-order valence-electron chi connectivity index (χ1n) is 6.65. The average molecular weight is 304 g/mol. The summed E-state index contributed by atoms with van der Waals surface area (Å²) in [6, 6.07) is 0. The second-order valence-corrected chi connectivity index (χ2v) is 4.82. The molecule has 0 aromatic carbocycles. The summed E-state index contributed by atoms with van der Waals surface area (Å²) in [7, 11) is 0. The lowest BCUT2D eigenvalue weighted by Crippen LogP contribution is -2.54. The van der Waals surface area contributed by atoms with E-state index in [1.165, 1.54) is 0 Å². The second kappa shape index (κ2) is 8.23. The van der Waals surface area contributed by atoms with E-state index < -0.39 is 35.2 Å². The van der Waals surface area contributed by atoms with Gasteiger partial charge in [0, 0.05) is 0 Å². The number of carbonyl (C=O) groups is 4. The molecule has 0 amide bonds. The zero-order valence-electron chi connectivity index (χ0n) is 11.7. The summed E-state index contributed by atoms with van der Waals surface area (Å²) in [5, 5.41) is 36.1. The van der Waals surface area contributed by atoms with E-state index in [1.54, 1.807) is 0 Å². The average Bonchev–Trinajstić information content (AvgIpc) is 2.35. The molecule has 0 aromatic heterocycles. The van der Waals surface area contributed by atoms with E-state index in [1.807, 2.05) is 6.92 Å². The lowest BCUT2D eigenvalue weighted by Gasteiger charge is -2.26. The minimum absolute atomic E-state index is 0.257. The maximum Gasteiger partial charge on any atom is 0.333 e. The van der Waals surface area contributed by atoms with Crippen molar-refractivity contribution < 1.29 is 39.6 Å². The number of unbranched alkanes of at least 4 members (excludes halogenated alkanes) is 4. The number of hydrogen-bond acceptors (Lipinski definition) is 4. The Balaban J connectivity index is 5.27. The van der Waals surface area contributed by atoms with Crippen molar-refractivity contribution in [1.82, 2.24) is 0 Å². The van der Waals surface area contributed by atoms with Gasteiger partial charge in [-0.15, -0.1) is 0 Å². The topological polar surface area (TPSA) is 149 Å². The van der Waals surface area contributed by atoms with Crippen molar-refractivity contribution in [3.05, 3.63) is 0 Å². The largest absolute Gasteiger partial charge is 0.481 e. The van der Waals surface area contributed by atoms with Crippen LogP contribution in [0.2, 0.25) is 0 Å². The fraction of sp³-hybridized carbons (Fsp3) is 0.692. The van der Waals surface area contributed by atoms with Crippen LogP contribution >= 0.6 is 0 Å². The second-order valence-electron chi connectivity index (χ2n) is 4.82. The van der Waals surface area contributed by atoms with Crippen molar-refractivity contribution in [3.8, 4) is 0 Å². The molecule has 0 saturated heterocycles. The molecule has 0 heterocycles. The lowest BCUT2D eigenvalue weighted by molar-refractivity contribution is -0.186. The Bertz CT molecular complexity index is 378. The Morgan fingerprint density at radius 1 is 0.810 bits per heavy atom. The van der Waals surface area contributed by atoms with Gasteiger partial charge in [-0.3, -0.25) is 19.2 Å². The van der Waals surface area contributed by atoms with Crippen LogP contribution < -0.4 is 0 Å². The molecule has 1 atom stereocenters. The van der Waals surface area contributed by atoms with E-state index >= 15 is 0 Å². The molecule has 0 aliphatic rings. The van der Waals surface area contributed by atoms with Crippen LogP contribution in [-0.4, -0.2) is 44.3 Å². The Hall–Kier alpha value is -2.12. The minimum atomic E-state index is -3.36. The van der Waals surface area contributed by atoms with Gasteiger partial charge in [0.2, 0.25) is 0 Å². The molecule has 0 aliphatic heterocycles. The highest BCUT2D eigenvalue weighted by Gasteiger charge is 2.62. The Labute approximate surface area is 121 Å². The molecule has 8 heteroatoms. The zero-order chi connectivity index (χ0) is 16.6. The highest BCUT2D eigenvalue weighted by Crippen LogP contribution is 2.34.